The lowest BCUT2D eigenvalue weighted by atomic mass is 9.97. The summed E-state index contributed by atoms with van der Waals surface area (Å²) in [5, 5.41) is 3.17. The Morgan fingerprint density at radius 1 is 1.00 bits per heavy atom. The SMILES string of the molecule is CC(C)(C)c1nc2cc(NC(=O)c3cc(=O)c4ccccc4o3)ccc2o1. The summed E-state index contributed by atoms with van der Waals surface area (Å²) in [6, 6.07) is 13.2. The molecule has 0 aliphatic carbocycles. The fraction of sp³-hybridized carbons (Fsp3) is 0.190. The quantitative estimate of drug-likeness (QED) is 0.568. The molecule has 6 heteroatoms. The highest BCUT2D eigenvalue weighted by molar-refractivity contribution is 6.03. The molecule has 27 heavy (non-hydrogen) atoms. The molecule has 1 N–H and O–H groups in total. The van der Waals surface area contributed by atoms with E-state index >= 15 is 0 Å². The van der Waals surface area contributed by atoms with Crippen LogP contribution in [0.15, 0.2) is 62.2 Å². The van der Waals surface area contributed by atoms with Crippen LogP contribution in [-0.4, -0.2) is 10.9 Å². The van der Waals surface area contributed by atoms with E-state index in [2.05, 4.69) is 10.3 Å². The fourth-order valence-electron chi connectivity index (χ4n) is 2.73. The maximum atomic E-state index is 12.5. The maximum Gasteiger partial charge on any atom is 0.291 e. The molecule has 2 aromatic heterocycles. The first-order chi connectivity index (χ1) is 12.8. The lowest BCUT2D eigenvalue weighted by molar-refractivity contribution is 0.0997. The third-order valence-electron chi connectivity index (χ3n) is 4.15. The molecule has 136 valence electrons. The maximum absolute atomic E-state index is 12.5. The molecular formula is C21H18N2O4. The van der Waals surface area contributed by atoms with Crippen molar-refractivity contribution < 1.29 is 13.6 Å². The van der Waals surface area contributed by atoms with Gasteiger partial charge in [0.05, 0.1) is 5.39 Å². The van der Waals surface area contributed by atoms with Gasteiger partial charge in [-0.3, -0.25) is 9.59 Å². The Balaban J connectivity index is 1.65. The van der Waals surface area contributed by atoms with Crippen LogP contribution in [0.3, 0.4) is 0 Å². The molecule has 2 aromatic carbocycles. The van der Waals surface area contributed by atoms with E-state index in [9.17, 15) is 9.59 Å². The van der Waals surface area contributed by atoms with Crippen LogP contribution >= 0.6 is 0 Å². The topological polar surface area (TPSA) is 85.3 Å². The third-order valence-corrected chi connectivity index (χ3v) is 4.15. The van der Waals surface area contributed by atoms with Crippen molar-refractivity contribution in [3.05, 3.63) is 70.4 Å². The normalized spacial score (nSPS) is 11.8. The molecule has 4 rings (SSSR count). The summed E-state index contributed by atoms with van der Waals surface area (Å²) in [5.74, 6) is 0.0765. The molecule has 2 heterocycles. The number of oxazole rings is 1. The van der Waals surface area contributed by atoms with Crippen molar-refractivity contribution in [3.8, 4) is 0 Å². The van der Waals surface area contributed by atoms with E-state index in [1.54, 1.807) is 42.5 Å². The van der Waals surface area contributed by atoms with Gasteiger partial charge < -0.3 is 14.2 Å². The number of fused-ring (bicyclic) bond motifs is 2. The van der Waals surface area contributed by atoms with Gasteiger partial charge in [-0.2, -0.15) is 0 Å². The van der Waals surface area contributed by atoms with E-state index in [1.165, 1.54) is 6.07 Å². The van der Waals surface area contributed by atoms with E-state index in [0.29, 0.717) is 33.6 Å². The Morgan fingerprint density at radius 2 is 1.78 bits per heavy atom. The first kappa shape index (κ1) is 17.0. The molecule has 0 radical (unpaired) electrons. The Bertz CT molecular complexity index is 1230. The first-order valence-corrected chi connectivity index (χ1v) is 8.56. The zero-order valence-electron chi connectivity index (χ0n) is 15.2. The summed E-state index contributed by atoms with van der Waals surface area (Å²) in [7, 11) is 0. The van der Waals surface area contributed by atoms with E-state index < -0.39 is 5.91 Å². The van der Waals surface area contributed by atoms with Crippen molar-refractivity contribution in [2.45, 2.75) is 26.2 Å². The summed E-state index contributed by atoms with van der Waals surface area (Å²) < 4.78 is 11.3. The second-order valence-electron chi connectivity index (χ2n) is 7.38. The van der Waals surface area contributed by atoms with Gasteiger partial charge in [-0.05, 0) is 30.3 Å². The van der Waals surface area contributed by atoms with Gasteiger partial charge in [-0.25, -0.2) is 4.98 Å². The highest BCUT2D eigenvalue weighted by atomic mass is 16.4. The van der Waals surface area contributed by atoms with Crippen LogP contribution in [0.4, 0.5) is 5.69 Å². The molecular weight excluding hydrogens is 344 g/mol. The molecule has 0 spiro atoms. The van der Waals surface area contributed by atoms with E-state index in [4.69, 9.17) is 8.83 Å². The lowest BCUT2D eigenvalue weighted by Gasteiger charge is -2.11. The summed E-state index contributed by atoms with van der Waals surface area (Å²) in [6.45, 7) is 6.05. The van der Waals surface area contributed by atoms with Crippen LogP contribution in [0.25, 0.3) is 22.1 Å². The molecule has 0 atom stereocenters. The Morgan fingerprint density at radius 3 is 2.56 bits per heavy atom. The minimum absolute atomic E-state index is 0.0469. The van der Waals surface area contributed by atoms with Crippen molar-refractivity contribution >= 4 is 33.7 Å². The van der Waals surface area contributed by atoms with Crippen LogP contribution in [0, 0.1) is 0 Å². The van der Waals surface area contributed by atoms with Gasteiger partial charge in [0.1, 0.15) is 11.1 Å². The number of nitrogens with one attached hydrogen (secondary N) is 1. The number of amides is 1. The number of hydrogen-bond acceptors (Lipinski definition) is 5. The molecule has 1 amide bonds. The van der Waals surface area contributed by atoms with E-state index in [0.717, 1.165) is 0 Å². The fourth-order valence-corrected chi connectivity index (χ4v) is 2.73. The number of carbonyl (C=O) groups excluding carboxylic acids is 1. The number of hydrogen-bond donors (Lipinski definition) is 1. The average Bonchev–Trinajstić information content (AvgIpc) is 3.05. The monoisotopic (exact) mass is 362 g/mol. The number of benzene rings is 2. The number of aromatic nitrogens is 1. The Labute approximate surface area is 154 Å². The van der Waals surface area contributed by atoms with Gasteiger partial charge in [0.25, 0.3) is 5.91 Å². The van der Waals surface area contributed by atoms with Crippen molar-refractivity contribution in [1.82, 2.24) is 4.98 Å². The molecule has 0 unspecified atom stereocenters. The second-order valence-corrected chi connectivity index (χ2v) is 7.38. The van der Waals surface area contributed by atoms with Crippen LogP contribution in [0.2, 0.25) is 0 Å². The zero-order valence-corrected chi connectivity index (χ0v) is 15.2. The van der Waals surface area contributed by atoms with Gasteiger partial charge in [-0.15, -0.1) is 0 Å². The number of carbonyl (C=O) groups is 1. The largest absolute Gasteiger partial charge is 0.451 e. The number of anilines is 1. The number of nitrogens with zero attached hydrogens (tertiary/aromatic N) is 1. The number of para-hydroxylation sites is 1. The lowest BCUT2D eigenvalue weighted by Crippen LogP contribution is -2.14. The van der Waals surface area contributed by atoms with Crippen molar-refractivity contribution in [2.75, 3.05) is 5.32 Å². The van der Waals surface area contributed by atoms with Gasteiger partial charge in [0.2, 0.25) is 5.89 Å². The molecule has 0 saturated heterocycles. The average molecular weight is 362 g/mol. The Hall–Kier alpha value is -3.41. The molecule has 0 saturated carbocycles. The summed E-state index contributed by atoms with van der Waals surface area (Å²) in [5.41, 5.74) is 1.74. The van der Waals surface area contributed by atoms with E-state index in [1.807, 2.05) is 20.8 Å². The predicted molar refractivity (Wildman–Crippen MR) is 103 cm³/mol. The highest BCUT2D eigenvalue weighted by Gasteiger charge is 2.21. The molecule has 4 aromatic rings. The molecule has 0 aliphatic heterocycles. The van der Waals surface area contributed by atoms with Crippen molar-refractivity contribution in [1.29, 1.82) is 0 Å². The zero-order chi connectivity index (χ0) is 19.2. The van der Waals surface area contributed by atoms with Crippen LogP contribution in [-0.2, 0) is 5.41 Å². The second kappa shape index (κ2) is 6.09. The van der Waals surface area contributed by atoms with Gasteiger partial charge in [0, 0.05) is 17.2 Å². The van der Waals surface area contributed by atoms with Gasteiger partial charge in [0.15, 0.2) is 16.8 Å². The van der Waals surface area contributed by atoms with Gasteiger partial charge >= 0.3 is 0 Å². The van der Waals surface area contributed by atoms with Gasteiger partial charge in [-0.1, -0.05) is 32.9 Å². The summed E-state index contributed by atoms with van der Waals surface area (Å²) >= 11 is 0. The van der Waals surface area contributed by atoms with Crippen LogP contribution < -0.4 is 10.7 Å². The molecule has 6 nitrogen and oxygen atoms in total. The standard InChI is InChI=1S/C21H18N2O4/c1-21(2,3)20-23-14-10-12(8-9-17(14)27-20)22-19(25)18-11-15(24)13-6-4-5-7-16(13)26-18/h4-11H,1-3H3,(H,22,25). The smallest absolute Gasteiger partial charge is 0.291 e. The van der Waals surface area contributed by atoms with E-state index in [-0.39, 0.29) is 16.6 Å². The summed E-state index contributed by atoms with van der Waals surface area (Å²) in [6.07, 6.45) is 0. The third kappa shape index (κ3) is 3.21. The minimum Gasteiger partial charge on any atom is -0.451 e. The predicted octanol–water partition coefficient (Wildman–Crippen LogP) is 4.48. The van der Waals surface area contributed by atoms with Crippen LogP contribution in [0.5, 0.6) is 0 Å². The van der Waals surface area contributed by atoms with Crippen molar-refractivity contribution in [3.63, 3.8) is 0 Å². The molecule has 0 bridgehead atoms. The Kier molecular flexibility index (Phi) is 3.84. The van der Waals surface area contributed by atoms with Crippen molar-refractivity contribution in [2.24, 2.45) is 0 Å². The number of rotatable bonds is 2. The summed E-state index contributed by atoms with van der Waals surface area (Å²) in [4.78, 5) is 29.2. The molecule has 0 fully saturated rings. The van der Waals surface area contributed by atoms with Crippen LogP contribution in [0.1, 0.15) is 37.2 Å². The first-order valence-electron chi connectivity index (χ1n) is 8.56. The molecule has 0 aliphatic rings. The minimum atomic E-state index is -0.503. The highest BCUT2D eigenvalue weighted by Crippen LogP contribution is 2.27.